The van der Waals surface area contributed by atoms with Crippen LogP contribution in [-0.2, 0) is 11.2 Å². The number of hydrazine groups is 1. The van der Waals surface area contributed by atoms with Crippen LogP contribution in [0.1, 0.15) is 37.3 Å². The number of fused-ring (bicyclic) bond motifs is 1. The maximum absolute atomic E-state index is 5.70. The van der Waals surface area contributed by atoms with Gasteiger partial charge in [0.05, 0.1) is 6.10 Å². The molecule has 0 heterocycles. The molecule has 3 atom stereocenters. The molecule has 3 heteroatoms. The quantitative estimate of drug-likeness (QED) is 0.599. The minimum absolute atomic E-state index is 0.169. The van der Waals surface area contributed by atoms with Gasteiger partial charge in [0.1, 0.15) is 0 Å². The molecule has 1 aliphatic rings. The first-order valence-corrected chi connectivity index (χ1v) is 6.74. The highest BCUT2D eigenvalue weighted by molar-refractivity contribution is 5.39. The zero-order valence-corrected chi connectivity index (χ0v) is 11.5. The fourth-order valence-corrected chi connectivity index (χ4v) is 3.08. The van der Waals surface area contributed by atoms with E-state index < -0.39 is 0 Å². The van der Waals surface area contributed by atoms with E-state index in [9.17, 15) is 0 Å². The smallest absolute Gasteiger partial charge is 0.0760 e. The van der Waals surface area contributed by atoms with Gasteiger partial charge in [0.2, 0.25) is 0 Å². The van der Waals surface area contributed by atoms with E-state index in [1.165, 1.54) is 17.5 Å². The second-order valence-electron chi connectivity index (χ2n) is 5.55. The van der Waals surface area contributed by atoms with Crippen LogP contribution in [0.5, 0.6) is 0 Å². The molecule has 0 aliphatic heterocycles. The van der Waals surface area contributed by atoms with E-state index in [0.29, 0.717) is 11.8 Å². The largest absolute Gasteiger partial charge is 0.380 e. The Morgan fingerprint density at radius 3 is 2.67 bits per heavy atom. The molecule has 1 aromatic carbocycles. The predicted octanol–water partition coefficient (Wildman–Crippen LogP) is 2.22. The summed E-state index contributed by atoms with van der Waals surface area (Å²) in [4.78, 5) is 0. The van der Waals surface area contributed by atoms with Gasteiger partial charge in [0, 0.05) is 13.2 Å². The highest BCUT2D eigenvalue weighted by Crippen LogP contribution is 2.38. The number of ether oxygens (including phenoxy) is 1. The topological polar surface area (TPSA) is 47.3 Å². The van der Waals surface area contributed by atoms with Gasteiger partial charge in [-0.2, -0.15) is 0 Å². The predicted molar refractivity (Wildman–Crippen MR) is 74.3 cm³/mol. The number of nitrogens with two attached hydrogens (primary N) is 1. The Hall–Kier alpha value is -0.900. The van der Waals surface area contributed by atoms with Crippen molar-refractivity contribution < 1.29 is 4.74 Å². The van der Waals surface area contributed by atoms with E-state index in [2.05, 4.69) is 43.5 Å². The summed E-state index contributed by atoms with van der Waals surface area (Å²) in [6.07, 6.45) is 2.38. The molecular formula is C15H24N2O. The molecule has 3 unspecified atom stereocenters. The zero-order chi connectivity index (χ0) is 13.1. The van der Waals surface area contributed by atoms with Crippen LogP contribution in [0.25, 0.3) is 0 Å². The molecule has 3 N–H and O–H groups in total. The average Bonchev–Trinajstić information content (AvgIpc) is 2.34. The molecule has 0 saturated heterocycles. The maximum Gasteiger partial charge on any atom is 0.0760 e. The lowest BCUT2D eigenvalue weighted by atomic mass is 9.73. The molecule has 0 aromatic heterocycles. The van der Waals surface area contributed by atoms with Crippen molar-refractivity contribution in [2.24, 2.45) is 11.8 Å². The molecule has 0 bridgehead atoms. The summed E-state index contributed by atoms with van der Waals surface area (Å²) in [7, 11) is 1.77. The molecule has 0 fully saturated rings. The molecule has 1 aliphatic carbocycles. The number of methoxy groups -OCH3 is 1. The van der Waals surface area contributed by atoms with E-state index in [-0.39, 0.29) is 12.1 Å². The molecule has 3 nitrogen and oxygen atoms in total. The monoisotopic (exact) mass is 248 g/mol. The third-order valence-electron chi connectivity index (χ3n) is 4.04. The van der Waals surface area contributed by atoms with Crippen molar-refractivity contribution in [2.75, 3.05) is 7.11 Å². The second kappa shape index (κ2) is 5.83. The van der Waals surface area contributed by atoms with Crippen LogP contribution < -0.4 is 11.3 Å². The van der Waals surface area contributed by atoms with E-state index in [4.69, 9.17) is 10.6 Å². The van der Waals surface area contributed by atoms with E-state index in [1.807, 2.05) is 0 Å². The summed E-state index contributed by atoms with van der Waals surface area (Å²) in [6, 6.07) is 8.89. The van der Waals surface area contributed by atoms with Gasteiger partial charge in [-0.15, -0.1) is 0 Å². The SMILES string of the molecule is COC(C(C)C)C(CC1Cc2ccccc21)NN. The summed E-state index contributed by atoms with van der Waals surface area (Å²) in [5.74, 6) is 6.79. The summed E-state index contributed by atoms with van der Waals surface area (Å²) >= 11 is 0. The van der Waals surface area contributed by atoms with Crippen molar-refractivity contribution in [1.82, 2.24) is 5.43 Å². The van der Waals surface area contributed by atoms with E-state index >= 15 is 0 Å². The highest BCUT2D eigenvalue weighted by atomic mass is 16.5. The van der Waals surface area contributed by atoms with Crippen molar-refractivity contribution in [2.45, 2.75) is 44.8 Å². The minimum Gasteiger partial charge on any atom is -0.380 e. The molecule has 0 amide bonds. The van der Waals surface area contributed by atoms with Crippen LogP contribution in [0.2, 0.25) is 0 Å². The van der Waals surface area contributed by atoms with Crippen LogP contribution in [0, 0.1) is 5.92 Å². The van der Waals surface area contributed by atoms with E-state index in [0.717, 1.165) is 6.42 Å². The molecule has 1 aromatic rings. The Bertz CT molecular complexity index is 392. The second-order valence-corrected chi connectivity index (χ2v) is 5.55. The first-order chi connectivity index (χ1) is 8.67. The van der Waals surface area contributed by atoms with Crippen molar-refractivity contribution in [3.8, 4) is 0 Å². The van der Waals surface area contributed by atoms with Crippen LogP contribution >= 0.6 is 0 Å². The van der Waals surface area contributed by atoms with Crippen molar-refractivity contribution in [3.63, 3.8) is 0 Å². The Morgan fingerprint density at radius 2 is 2.11 bits per heavy atom. The fourth-order valence-electron chi connectivity index (χ4n) is 3.08. The van der Waals surface area contributed by atoms with Crippen LogP contribution in [0.3, 0.4) is 0 Å². The summed E-state index contributed by atoms with van der Waals surface area (Å²) in [5.41, 5.74) is 5.91. The van der Waals surface area contributed by atoms with Gasteiger partial charge in [0.25, 0.3) is 0 Å². The summed E-state index contributed by atoms with van der Waals surface area (Å²) in [5, 5.41) is 0. The standard InChI is InChI=1S/C15H24N2O/c1-10(2)15(18-3)14(17-16)9-12-8-11-6-4-5-7-13(11)12/h4-7,10,12,14-15,17H,8-9,16H2,1-3H3. The lowest BCUT2D eigenvalue weighted by molar-refractivity contribution is 0.0279. The Morgan fingerprint density at radius 1 is 1.39 bits per heavy atom. The van der Waals surface area contributed by atoms with E-state index in [1.54, 1.807) is 7.11 Å². The number of hydrogen-bond acceptors (Lipinski definition) is 3. The Kier molecular flexibility index (Phi) is 4.38. The van der Waals surface area contributed by atoms with Crippen LogP contribution in [0.4, 0.5) is 0 Å². The Balaban J connectivity index is 2.01. The normalized spacial score (nSPS) is 21.3. The van der Waals surface area contributed by atoms with Gasteiger partial charge in [-0.3, -0.25) is 11.3 Å². The molecule has 2 rings (SSSR count). The lowest BCUT2D eigenvalue weighted by Crippen LogP contribution is -2.48. The molecule has 0 radical (unpaired) electrons. The minimum atomic E-state index is 0.169. The molecule has 100 valence electrons. The van der Waals surface area contributed by atoms with Gasteiger partial charge in [-0.25, -0.2) is 0 Å². The van der Waals surface area contributed by atoms with Crippen molar-refractivity contribution >= 4 is 0 Å². The highest BCUT2D eigenvalue weighted by Gasteiger charge is 2.32. The number of hydrogen-bond donors (Lipinski definition) is 2. The molecular weight excluding hydrogens is 224 g/mol. The van der Waals surface area contributed by atoms with Crippen molar-refractivity contribution in [1.29, 1.82) is 0 Å². The third kappa shape index (κ3) is 2.58. The van der Waals surface area contributed by atoms with Crippen LogP contribution in [-0.4, -0.2) is 19.3 Å². The first-order valence-electron chi connectivity index (χ1n) is 6.74. The maximum atomic E-state index is 5.70. The van der Waals surface area contributed by atoms with Gasteiger partial charge >= 0.3 is 0 Å². The van der Waals surface area contributed by atoms with Gasteiger partial charge in [0.15, 0.2) is 0 Å². The molecule has 0 saturated carbocycles. The van der Waals surface area contributed by atoms with Crippen LogP contribution in [0.15, 0.2) is 24.3 Å². The van der Waals surface area contributed by atoms with Gasteiger partial charge in [-0.05, 0) is 35.8 Å². The summed E-state index contributed by atoms with van der Waals surface area (Å²) < 4.78 is 5.58. The average molecular weight is 248 g/mol. The lowest BCUT2D eigenvalue weighted by Gasteiger charge is -2.36. The first kappa shape index (κ1) is 13.5. The number of benzene rings is 1. The fraction of sp³-hybridized carbons (Fsp3) is 0.600. The number of rotatable bonds is 6. The van der Waals surface area contributed by atoms with Gasteiger partial charge in [-0.1, -0.05) is 38.1 Å². The number of nitrogens with one attached hydrogen (secondary N) is 1. The van der Waals surface area contributed by atoms with Gasteiger partial charge < -0.3 is 4.74 Å². The zero-order valence-electron chi connectivity index (χ0n) is 11.5. The third-order valence-corrected chi connectivity index (χ3v) is 4.04. The molecule has 0 spiro atoms. The van der Waals surface area contributed by atoms with Crippen molar-refractivity contribution in [3.05, 3.63) is 35.4 Å². The summed E-state index contributed by atoms with van der Waals surface area (Å²) in [6.45, 7) is 4.35. The Labute approximate surface area is 110 Å². The molecule has 18 heavy (non-hydrogen) atoms.